The van der Waals surface area contributed by atoms with Crippen LogP contribution in [0, 0.1) is 10.1 Å². The van der Waals surface area contributed by atoms with Gasteiger partial charge in [-0.1, -0.05) is 23.2 Å². The van der Waals surface area contributed by atoms with Crippen molar-refractivity contribution in [2.45, 2.75) is 0 Å². The standard InChI is InChI=1S/C9H5Cl2N5O3/c10-7-6(8(11)14-3-13-7)15-9(17)5-1-4(2-12-5)16(18)19/h1-3,12H,(H,15,17). The second-order valence-corrected chi connectivity index (χ2v) is 4.03. The number of nitrogens with one attached hydrogen (secondary N) is 2. The summed E-state index contributed by atoms with van der Waals surface area (Å²) < 4.78 is 0. The molecule has 19 heavy (non-hydrogen) atoms. The van der Waals surface area contributed by atoms with Crippen LogP contribution in [-0.2, 0) is 0 Å². The smallest absolute Gasteiger partial charge is 0.287 e. The van der Waals surface area contributed by atoms with Gasteiger partial charge < -0.3 is 10.3 Å². The molecule has 1 amide bonds. The summed E-state index contributed by atoms with van der Waals surface area (Å²) in [6, 6.07) is 1.08. The minimum absolute atomic E-state index is 0.0114. The van der Waals surface area contributed by atoms with Crippen LogP contribution in [0.4, 0.5) is 11.4 Å². The first-order chi connectivity index (χ1) is 8.99. The second kappa shape index (κ2) is 5.21. The van der Waals surface area contributed by atoms with E-state index in [-0.39, 0.29) is 27.4 Å². The van der Waals surface area contributed by atoms with E-state index in [1.165, 1.54) is 0 Å². The predicted molar refractivity (Wildman–Crippen MR) is 67.5 cm³/mol. The molecule has 0 spiro atoms. The number of amides is 1. The second-order valence-electron chi connectivity index (χ2n) is 3.31. The molecule has 10 heteroatoms. The van der Waals surface area contributed by atoms with Gasteiger partial charge in [-0.2, -0.15) is 0 Å². The molecule has 0 fully saturated rings. The van der Waals surface area contributed by atoms with Crippen molar-refractivity contribution < 1.29 is 9.72 Å². The SMILES string of the molecule is O=C(Nc1c(Cl)ncnc1Cl)c1cc([N+](=O)[O-])c[nH]1. The molecule has 2 N–H and O–H groups in total. The van der Waals surface area contributed by atoms with Gasteiger partial charge in [0.25, 0.3) is 11.6 Å². The summed E-state index contributed by atoms with van der Waals surface area (Å²) in [5, 5.41) is 12.8. The van der Waals surface area contributed by atoms with Crippen LogP contribution in [0.2, 0.25) is 10.3 Å². The van der Waals surface area contributed by atoms with Crippen LogP contribution < -0.4 is 5.32 Å². The average Bonchev–Trinajstić information content (AvgIpc) is 2.83. The Kier molecular flexibility index (Phi) is 3.63. The zero-order valence-electron chi connectivity index (χ0n) is 9.05. The van der Waals surface area contributed by atoms with E-state index in [2.05, 4.69) is 20.3 Å². The predicted octanol–water partition coefficient (Wildman–Crippen LogP) is 2.27. The number of hydrogen-bond acceptors (Lipinski definition) is 5. The summed E-state index contributed by atoms with van der Waals surface area (Å²) in [6.45, 7) is 0. The number of hydrogen-bond donors (Lipinski definition) is 2. The number of halogens is 2. The first kappa shape index (κ1) is 13.2. The Morgan fingerprint density at radius 3 is 2.53 bits per heavy atom. The van der Waals surface area contributed by atoms with Gasteiger partial charge in [-0.05, 0) is 0 Å². The molecule has 0 saturated heterocycles. The van der Waals surface area contributed by atoms with Crippen molar-refractivity contribution in [1.82, 2.24) is 15.0 Å². The van der Waals surface area contributed by atoms with Gasteiger partial charge in [-0.25, -0.2) is 9.97 Å². The highest BCUT2D eigenvalue weighted by Crippen LogP contribution is 2.26. The number of nitrogens with zero attached hydrogens (tertiary/aromatic N) is 3. The number of rotatable bonds is 3. The lowest BCUT2D eigenvalue weighted by Gasteiger charge is -2.05. The summed E-state index contributed by atoms with van der Waals surface area (Å²) in [5.41, 5.74) is -0.206. The van der Waals surface area contributed by atoms with Crippen LogP contribution in [0.15, 0.2) is 18.6 Å². The fraction of sp³-hybridized carbons (Fsp3) is 0. The molecular weight excluding hydrogens is 297 g/mol. The average molecular weight is 302 g/mol. The van der Waals surface area contributed by atoms with E-state index in [0.717, 1.165) is 18.6 Å². The van der Waals surface area contributed by atoms with Gasteiger partial charge in [0, 0.05) is 6.07 Å². The minimum atomic E-state index is -0.647. The third-order valence-electron chi connectivity index (χ3n) is 2.12. The molecule has 2 heterocycles. The Bertz CT molecular complexity index is 637. The molecule has 0 aromatic carbocycles. The zero-order valence-corrected chi connectivity index (χ0v) is 10.6. The summed E-state index contributed by atoms with van der Waals surface area (Å²) >= 11 is 11.5. The molecule has 0 atom stereocenters. The zero-order chi connectivity index (χ0) is 14.0. The molecular formula is C9H5Cl2N5O3. The van der Waals surface area contributed by atoms with Crippen LogP contribution in [0.1, 0.15) is 10.5 Å². The number of carbonyl (C=O) groups is 1. The van der Waals surface area contributed by atoms with Gasteiger partial charge >= 0.3 is 0 Å². The highest BCUT2D eigenvalue weighted by molar-refractivity contribution is 6.38. The highest BCUT2D eigenvalue weighted by Gasteiger charge is 2.17. The molecule has 0 bridgehead atoms. The van der Waals surface area contributed by atoms with Crippen LogP contribution in [-0.4, -0.2) is 25.8 Å². The molecule has 0 saturated carbocycles. The summed E-state index contributed by atoms with van der Waals surface area (Å²) in [7, 11) is 0. The normalized spacial score (nSPS) is 10.2. The van der Waals surface area contributed by atoms with Gasteiger partial charge in [0.1, 0.15) is 17.7 Å². The topological polar surface area (TPSA) is 114 Å². The van der Waals surface area contributed by atoms with Crippen molar-refractivity contribution in [3.05, 3.63) is 44.7 Å². The van der Waals surface area contributed by atoms with E-state index >= 15 is 0 Å². The van der Waals surface area contributed by atoms with Crippen LogP contribution in [0.25, 0.3) is 0 Å². The Morgan fingerprint density at radius 1 is 1.37 bits per heavy atom. The lowest BCUT2D eigenvalue weighted by molar-refractivity contribution is -0.384. The fourth-order valence-corrected chi connectivity index (χ4v) is 1.66. The Labute approximate surface area is 115 Å². The summed E-state index contributed by atoms with van der Waals surface area (Å²) in [6.07, 6.45) is 2.24. The van der Waals surface area contributed by atoms with Crippen molar-refractivity contribution >= 4 is 40.5 Å². The van der Waals surface area contributed by atoms with Crippen molar-refractivity contribution in [2.24, 2.45) is 0 Å². The van der Waals surface area contributed by atoms with E-state index in [1.54, 1.807) is 0 Å². The first-order valence-electron chi connectivity index (χ1n) is 4.79. The van der Waals surface area contributed by atoms with Crippen LogP contribution >= 0.6 is 23.2 Å². The number of H-pyrrole nitrogens is 1. The molecule has 8 nitrogen and oxygen atoms in total. The number of aromatic nitrogens is 3. The number of nitro groups is 1. The van der Waals surface area contributed by atoms with E-state index in [1.807, 2.05) is 0 Å². The maximum Gasteiger partial charge on any atom is 0.287 e. The molecule has 0 unspecified atom stereocenters. The van der Waals surface area contributed by atoms with E-state index < -0.39 is 10.8 Å². The first-order valence-corrected chi connectivity index (χ1v) is 5.55. The van der Waals surface area contributed by atoms with E-state index in [9.17, 15) is 14.9 Å². The molecule has 2 rings (SSSR count). The monoisotopic (exact) mass is 301 g/mol. The van der Waals surface area contributed by atoms with Gasteiger partial charge in [0.2, 0.25) is 0 Å². The Morgan fingerprint density at radius 2 is 2.00 bits per heavy atom. The van der Waals surface area contributed by atoms with Crippen molar-refractivity contribution in [3.63, 3.8) is 0 Å². The third kappa shape index (κ3) is 2.80. The lowest BCUT2D eigenvalue weighted by Crippen LogP contribution is -2.13. The lowest BCUT2D eigenvalue weighted by atomic mass is 10.3. The van der Waals surface area contributed by atoms with Crippen LogP contribution in [0.5, 0.6) is 0 Å². The van der Waals surface area contributed by atoms with Gasteiger partial charge in [-0.3, -0.25) is 14.9 Å². The largest absolute Gasteiger partial charge is 0.351 e. The molecule has 98 valence electrons. The molecule has 0 aliphatic carbocycles. The van der Waals surface area contributed by atoms with Gasteiger partial charge in [-0.15, -0.1) is 0 Å². The molecule has 0 aliphatic rings. The van der Waals surface area contributed by atoms with Crippen molar-refractivity contribution in [3.8, 4) is 0 Å². The molecule has 0 aliphatic heterocycles. The van der Waals surface area contributed by atoms with E-state index in [0.29, 0.717) is 0 Å². The molecule has 2 aromatic rings. The van der Waals surface area contributed by atoms with Gasteiger partial charge in [0.15, 0.2) is 10.3 Å². The van der Waals surface area contributed by atoms with Crippen LogP contribution in [0.3, 0.4) is 0 Å². The third-order valence-corrected chi connectivity index (χ3v) is 2.69. The quantitative estimate of drug-likeness (QED) is 0.513. The summed E-state index contributed by atoms with van der Waals surface area (Å²) in [4.78, 5) is 31.5. The fourth-order valence-electron chi connectivity index (χ4n) is 1.25. The molecule has 0 radical (unpaired) electrons. The van der Waals surface area contributed by atoms with Gasteiger partial charge in [0.05, 0.1) is 11.1 Å². The minimum Gasteiger partial charge on any atom is -0.351 e. The summed E-state index contributed by atoms with van der Waals surface area (Å²) in [5.74, 6) is -0.647. The maximum atomic E-state index is 11.8. The maximum absolute atomic E-state index is 11.8. The number of anilines is 1. The molecule has 2 aromatic heterocycles. The van der Waals surface area contributed by atoms with Crippen molar-refractivity contribution in [1.29, 1.82) is 0 Å². The Hall–Kier alpha value is -2.19. The van der Waals surface area contributed by atoms with Crippen molar-refractivity contribution in [2.75, 3.05) is 5.32 Å². The highest BCUT2D eigenvalue weighted by atomic mass is 35.5. The number of aromatic amines is 1. The van der Waals surface area contributed by atoms with E-state index in [4.69, 9.17) is 23.2 Å². The number of carbonyl (C=O) groups excluding carboxylic acids is 1. The Balaban J connectivity index is 2.23.